The van der Waals surface area contributed by atoms with Crippen molar-refractivity contribution in [2.24, 2.45) is 0 Å². The Labute approximate surface area is 95.2 Å². The number of benzene rings is 1. The summed E-state index contributed by atoms with van der Waals surface area (Å²) in [5, 5.41) is 0.486. The van der Waals surface area contributed by atoms with Gasteiger partial charge in [-0.1, -0.05) is 11.6 Å². The number of amides is 1. The van der Waals surface area contributed by atoms with Crippen LogP contribution in [-0.4, -0.2) is 39.0 Å². The van der Waals surface area contributed by atoms with Gasteiger partial charge in [-0.05, 0) is 18.2 Å². The molecule has 1 amide bonds. The lowest BCUT2D eigenvalue weighted by Gasteiger charge is -2.15. The zero-order valence-corrected chi connectivity index (χ0v) is 10.2. The molecule has 0 spiro atoms. The van der Waals surface area contributed by atoms with Crippen LogP contribution in [0.1, 0.15) is 10.4 Å². The van der Waals surface area contributed by atoms with Gasteiger partial charge in [0.05, 0.1) is 10.6 Å². The van der Waals surface area contributed by atoms with Crippen LogP contribution in [0.25, 0.3) is 0 Å². The molecule has 1 rings (SSSR count). The lowest BCUT2D eigenvalue weighted by molar-refractivity contribution is 0.0828. The fourth-order valence-corrected chi connectivity index (χ4v) is 1.45. The second kappa shape index (κ2) is 4.53. The number of carbonyl (C=O) groups is 1. The number of anilines is 1. The van der Waals surface area contributed by atoms with E-state index in [2.05, 4.69) is 0 Å². The van der Waals surface area contributed by atoms with Gasteiger partial charge in [-0.25, -0.2) is 0 Å². The van der Waals surface area contributed by atoms with E-state index >= 15 is 0 Å². The first-order valence-corrected chi connectivity index (χ1v) is 5.00. The highest BCUT2D eigenvalue weighted by Crippen LogP contribution is 2.23. The first-order chi connectivity index (χ1) is 6.93. The molecule has 1 aromatic rings. The lowest BCUT2D eigenvalue weighted by atomic mass is 10.2. The Morgan fingerprint density at radius 2 is 1.80 bits per heavy atom. The molecule has 0 fully saturated rings. The maximum atomic E-state index is 11.7. The van der Waals surface area contributed by atoms with Crippen LogP contribution in [0.15, 0.2) is 18.2 Å². The molecule has 0 radical (unpaired) electrons. The van der Waals surface area contributed by atoms with Gasteiger partial charge in [-0.15, -0.1) is 0 Å². The van der Waals surface area contributed by atoms with Crippen LogP contribution in [0.3, 0.4) is 0 Å². The molecule has 0 aliphatic rings. The lowest BCUT2D eigenvalue weighted by Crippen LogP contribution is -2.22. The second-order valence-corrected chi connectivity index (χ2v) is 4.17. The monoisotopic (exact) mass is 226 g/mol. The number of hydrogen-bond acceptors (Lipinski definition) is 2. The highest BCUT2D eigenvalue weighted by molar-refractivity contribution is 6.34. The third-order valence-corrected chi connectivity index (χ3v) is 2.42. The zero-order chi connectivity index (χ0) is 11.6. The average molecular weight is 227 g/mol. The summed E-state index contributed by atoms with van der Waals surface area (Å²) in [4.78, 5) is 15.1. The van der Waals surface area contributed by atoms with Gasteiger partial charge in [0.1, 0.15) is 0 Å². The summed E-state index contributed by atoms with van der Waals surface area (Å²) in [6.45, 7) is 0. The highest BCUT2D eigenvalue weighted by atomic mass is 35.5. The first kappa shape index (κ1) is 11.9. The molecule has 1 aromatic carbocycles. The summed E-state index contributed by atoms with van der Waals surface area (Å²) in [5.74, 6) is -0.0784. The van der Waals surface area contributed by atoms with Crippen LogP contribution < -0.4 is 4.90 Å². The molecule has 0 saturated heterocycles. The summed E-state index contributed by atoms with van der Waals surface area (Å²) in [7, 11) is 7.27. The van der Waals surface area contributed by atoms with E-state index in [4.69, 9.17) is 11.6 Å². The van der Waals surface area contributed by atoms with E-state index in [1.807, 2.05) is 25.1 Å². The van der Waals surface area contributed by atoms with Crippen molar-refractivity contribution in [3.05, 3.63) is 28.8 Å². The molecular weight excluding hydrogens is 212 g/mol. The van der Waals surface area contributed by atoms with E-state index in [-0.39, 0.29) is 5.91 Å². The molecule has 3 nitrogen and oxygen atoms in total. The van der Waals surface area contributed by atoms with Gasteiger partial charge in [-0.3, -0.25) is 4.79 Å². The van der Waals surface area contributed by atoms with Gasteiger partial charge in [-0.2, -0.15) is 0 Å². The van der Waals surface area contributed by atoms with Crippen LogP contribution in [0.4, 0.5) is 5.69 Å². The van der Waals surface area contributed by atoms with Crippen LogP contribution >= 0.6 is 11.6 Å². The minimum atomic E-state index is -0.0784. The number of rotatable bonds is 2. The quantitative estimate of drug-likeness (QED) is 0.771. The minimum absolute atomic E-state index is 0.0784. The van der Waals surface area contributed by atoms with E-state index in [0.29, 0.717) is 10.6 Å². The van der Waals surface area contributed by atoms with E-state index in [9.17, 15) is 4.79 Å². The van der Waals surface area contributed by atoms with Crippen molar-refractivity contribution in [2.45, 2.75) is 0 Å². The summed E-state index contributed by atoms with van der Waals surface area (Å²) < 4.78 is 0. The molecule has 0 heterocycles. The van der Waals surface area contributed by atoms with Gasteiger partial charge in [0.2, 0.25) is 0 Å². The largest absolute Gasteiger partial charge is 0.378 e. The van der Waals surface area contributed by atoms with Crippen LogP contribution in [-0.2, 0) is 0 Å². The summed E-state index contributed by atoms with van der Waals surface area (Å²) >= 11 is 6.04. The van der Waals surface area contributed by atoms with Crippen LogP contribution in [0.2, 0.25) is 5.02 Å². The predicted molar refractivity (Wildman–Crippen MR) is 63.8 cm³/mol. The molecule has 0 N–H and O–H groups in total. The van der Waals surface area contributed by atoms with E-state index < -0.39 is 0 Å². The molecule has 0 aliphatic heterocycles. The van der Waals surface area contributed by atoms with Crippen LogP contribution in [0.5, 0.6) is 0 Å². The van der Waals surface area contributed by atoms with Crippen molar-refractivity contribution >= 4 is 23.2 Å². The van der Waals surface area contributed by atoms with Crippen molar-refractivity contribution in [3.8, 4) is 0 Å². The molecular formula is C11H15ClN2O. The Bertz CT molecular complexity index is 375. The number of carbonyl (C=O) groups excluding carboxylic acids is 1. The second-order valence-electron chi connectivity index (χ2n) is 3.76. The van der Waals surface area contributed by atoms with Crippen molar-refractivity contribution < 1.29 is 4.79 Å². The summed E-state index contributed by atoms with van der Waals surface area (Å²) in [5.41, 5.74) is 1.52. The molecule has 0 aromatic heterocycles. The van der Waals surface area contributed by atoms with E-state index in [1.54, 1.807) is 26.2 Å². The normalized spacial score (nSPS) is 9.93. The average Bonchev–Trinajstić information content (AvgIpc) is 2.16. The minimum Gasteiger partial charge on any atom is -0.378 e. The molecule has 15 heavy (non-hydrogen) atoms. The van der Waals surface area contributed by atoms with E-state index in [0.717, 1.165) is 5.69 Å². The number of halogens is 1. The summed E-state index contributed by atoms with van der Waals surface area (Å²) in [6.07, 6.45) is 0. The maximum Gasteiger partial charge on any atom is 0.254 e. The van der Waals surface area contributed by atoms with Crippen molar-refractivity contribution in [3.63, 3.8) is 0 Å². The number of nitrogens with zero attached hydrogens (tertiary/aromatic N) is 2. The maximum absolute atomic E-state index is 11.7. The van der Waals surface area contributed by atoms with Gasteiger partial charge >= 0.3 is 0 Å². The van der Waals surface area contributed by atoms with Crippen LogP contribution in [0, 0.1) is 0 Å². The van der Waals surface area contributed by atoms with Crippen molar-refractivity contribution in [2.75, 3.05) is 33.1 Å². The molecule has 82 valence electrons. The van der Waals surface area contributed by atoms with Gasteiger partial charge in [0.15, 0.2) is 0 Å². The van der Waals surface area contributed by atoms with Gasteiger partial charge in [0.25, 0.3) is 5.91 Å². The van der Waals surface area contributed by atoms with Gasteiger partial charge < -0.3 is 9.80 Å². The van der Waals surface area contributed by atoms with Crippen molar-refractivity contribution in [1.82, 2.24) is 4.90 Å². The summed E-state index contributed by atoms with van der Waals surface area (Å²) in [6, 6.07) is 5.42. The Kier molecular flexibility index (Phi) is 3.58. The third-order valence-electron chi connectivity index (χ3n) is 2.11. The predicted octanol–water partition coefficient (Wildman–Crippen LogP) is 2.11. The molecule has 0 saturated carbocycles. The number of hydrogen-bond donors (Lipinski definition) is 0. The molecule has 0 atom stereocenters. The smallest absolute Gasteiger partial charge is 0.254 e. The fraction of sp³-hybridized carbons (Fsp3) is 0.364. The van der Waals surface area contributed by atoms with E-state index in [1.165, 1.54) is 4.90 Å². The first-order valence-electron chi connectivity index (χ1n) is 4.62. The Balaban J connectivity index is 3.08. The van der Waals surface area contributed by atoms with Crippen molar-refractivity contribution in [1.29, 1.82) is 0 Å². The fourth-order valence-electron chi connectivity index (χ4n) is 1.20. The van der Waals surface area contributed by atoms with Gasteiger partial charge in [0, 0.05) is 33.9 Å². The Morgan fingerprint density at radius 1 is 1.20 bits per heavy atom. The Hall–Kier alpha value is -1.22. The third kappa shape index (κ3) is 2.63. The molecule has 0 bridgehead atoms. The zero-order valence-electron chi connectivity index (χ0n) is 9.41. The topological polar surface area (TPSA) is 23.6 Å². The molecule has 0 unspecified atom stereocenters. The highest BCUT2D eigenvalue weighted by Gasteiger charge is 2.12. The standard InChI is InChI=1S/C11H15ClN2O/c1-13(2)8-5-6-9(10(12)7-8)11(15)14(3)4/h5-7H,1-4H3. The Morgan fingerprint density at radius 3 is 2.20 bits per heavy atom. The SMILES string of the molecule is CN(C)C(=O)c1ccc(N(C)C)cc1Cl. The molecule has 0 aliphatic carbocycles. The molecule has 4 heteroatoms.